The number of nitrogens with zero attached hydrogens (tertiary/aromatic N) is 1. The molecule has 0 aromatic heterocycles. The maximum atomic E-state index is 13.6. The van der Waals surface area contributed by atoms with Crippen molar-refractivity contribution in [3.8, 4) is 0 Å². The van der Waals surface area contributed by atoms with Crippen LogP contribution in [0.25, 0.3) is 0 Å². The van der Waals surface area contributed by atoms with Gasteiger partial charge in [-0.3, -0.25) is 9.79 Å². The molecule has 0 bridgehead atoms. The molecule has 158 valence electrons. The predicted molar refractivity (Wildman–Crippen MR) is 122 cm³/mol. The highest BCUT2D eigenvalue weighted by atomic mass is 127. The van der Waals surface area contributed by atoms with Crippen LogP contribution < -0.4 is 16.0 Å². The lowest BCUT2D eigenvalue weighted by atomic mass is 10.1. The monoisotopic (exact) mass is 538 g/mol. The molecule has 2 rings (SSSR count). The summed E-state index contributed by atoms with van der Waals surface area (Å²) in [6, 6.07) is 7.81. The van der Waals surface area contributed by atoms with Crippen molar-refractivity contribution in [1.29, 1.82) is 0 Å². The number of anilines is 1. The summed E-state index contributed by atoms with van der Waals surface area (Å²) in [6.45, 7) is 2.28. The topological polar surface area (TPSA) is 65.5 Å². The van der Waals surface area contributed by atoms with E-state index in [0.717, 1.165) is 28.2 Å². The molecule has 0 radical (unpaired) electrons. The zero-order chi connectivity index (χ0) is 20.7. The van der Waals surface area contributed by atoms with Crippen molar-refractivity contribution in [1.82, 2.24) is 10.6 Å². The third-order valence-corrected chi connectivity index (χ3v) is 4.66. The molecule has 0 heterocycles. The fourth-order valence-corrected chi connectivity index (χ4v) is 3.08. The molecule has 0 atom stereocenters. The fourth-order valence-electron chi connectivity index (χ4n) is 2.38. The van der Waals surface area contributed by atoms with E-state index >= 15 is 0 Å². The van der Waals surface area contributed by atoms with Crippen molar-refractivity contribution in [3.05, 3.63) is 58.9 Å². The molecule has 2 aromatic rings. The first-order valence-electron chi connectivity index (χ1n) is 8.37. The van der Waals surface area contributed by atoms with Gasteiger partial charge in [0.05, 0.1) is 12.2 Å². The number of aliphatic imine (C=N–C) groups is 1. The van der Waals surface area contributed by atoms with Crippen LogP contribution in [0.3, 0.4) is 0 Å². The molecule has 0 unspecified atom stereocenters. The van der Waals surface area contributed by atoms with Gasteiger partial charge in [0.25, 0.3) is 0 Å². The maximum absolute atomic E-state index is 13.6. The average molecular weight is 538 g/mol. The predicted octanol–water partition coefficient (Wildman–Crippen LogP) is 4.06. The van der Waals surface area contributed by atoms with Crippen molar-refractivity contribution in [2.75, 3.05) is 25.2 Å². The standard InChI is InChI=1S/C19H21F3N4OS.HI/c1-11-4-5-12(15(8-11)28-3)9-24-19(23-2)25-10-16(27)26-14-7-6-13(20)17(21)18(14)22;/h4-8H,9-10H2,1-3H3,(H,26,27)(H2,23,24,25);1H. The van der Waals surface area contributed by atoms with Gasteiger partial charge in [-0.1, -0.05) is 12.1 Å². The average Bonchev–Trinajstić information content (AvgIpc) is 2.69. The first kappa shape index (κ1) is 25.1. The number of guanidine groups is 1. The Bertz CT molecular complexity index is 896. The summed E-state index contributed by atoms with van der Waals surface area (Å²) >= 11 is 1.63. The molecule has 0 aliphatic heterocycles. The number of hydrogen-bond acceptors (Lipinski definition) is 3. The van der Waals surface area contributed by atoms with Gasteiger partial charge in [0.1, 0.15) is 0 Å². The van der Waals surface area contributed by atoms with Gasteiger partial charge in [-0.2, -0.15) is 0 Å². The first-order chi connectivity index (χ1) is 13.3. The van der Waals surface area contributed by atoms with Crippen molar-refractivity contribution in [3.63, 3.8) is 0 Å². The van der Waals surface area contributed by atoms with Crippen LogP contribution in [0.15, 0.2) is 40.2 Å². The van der Waals surface area contributed by atoms with E-state index in [1.165, 1.54) is 0 Å². The number of benzene rings is 2. The van der Waals surface area contributed by atoms with Gasteiger partial charge in [-0.15, -0.1) is 35.7 Å². The lowest BCUT2D eigenvalue weighted by Crippen LogP contribution is -2.41. The number of carbonyl (C=O) groups excluding carboxylic acids is 1. The molecule has 1 amide bonds. The van der Waals surface area contributed by atoms with Crippen molar-refractivity contribution in [2.24, 2.45) is 4.99 Å². The zero-order valence-corrected chi connectivity index (χ0v) is 19.3. The molecule has 0 spiro atoms. The van der Waals surface area contributed by atoms with E-state index in [4.69, 9.17) is 0 Å². The van der Waals surface area contributed by atoms with Crippen LogP contribution in [-0.4, -0.2) is 31.7 Å². The Morgan fingerprint density at radius 3 is 2.48 bits per heavy atom. The van der Waals surface area contributed by atoms with E-state index in [2.05, 4.69) is 27.0 Å². The van der Waals surface area contributed by atoms with E-state index in [0.29, 0.717) is 12.5 Å². The molecule has 5 nitrogen and oxygen atoms in total. The Morgan fingerprint density at radius 2 is 1.83 bits per heavy atom. The molecular formula is C19H22F3IN4OS. The summed E-state index contributed by atoms with van der Waals surface area (Å²) in [5.41, 5.74) is 1.81. The zero-order valence-electron chi connectivity index (χ0n) is 16.1. The van der Waals surface area contributed by atoms with Crippen molar-refractivity contribution < 1.29 is 18.0 Å². The van der Waals surface area contributed by atoms with Gasteiger partial charge in [-0.25, -0.2) is 13.2 Å². The molecule has 10 heteroatoms. The number of carbonyl (C=O) groups is 1. The van der Waals surface area contributed by atoms with Crippen LogP contribution in [0.2, 0.25) is 0 Å². The first-order valence-corrected chi connectivity index (χ1v) is 9.59. The Balaban J connectivity index is 0.00000420. The van der Waals surface area contributed by atoms with Crippen LogP contribution in [-0.2, 0) is 11.3 Å². The van der Waals surface area contributed by atoms with Gasteiger partial charge < -0.3 is 16.0 Å². The molecule has 0 saturated heterocycles. The number of hydrogen-bond donors (Lipinski definition) is 3. The second-order valence-corrected chi connectivity index (χ2v) is 6.71. The molecular weight excluding hydrogens is 516 g/mol. The molecule has 0 saturated carbocycles. The van der Waals surface area contributed by atoms with Gasteiger partial charge >= 0.3 is 0 Å². The summed E-state index contributed by atoms with van der Waals surface area (Å²) in [4.78, 5) is 17.1. The van der Waals surface area contributed by atoms with E-state index in [1.54, 1.807) is 18.8 Å². The van der Waals surface area contributed by atoms with Crippen molar-refractivity contribution >= 4 is 53.3 Å². The SMILES string of the molecule is CN=C(NCC(=O)Nc1ccc(F)c(F)c1F)NCc1ccc(C)cc1SC.I. The van der Waals surface area contributed by atoms with Gasteiger partial charge in [0.15, 0.2) is 23.4 Å². The van der Waals surface area contributed by atoms with E-state index < -0.39 is 29.0 Å². The molecule has 3 N–H and O–H groups in total. The van der Waals surface area contributed by atoms with Crippen LogP contribution >= 0.6 is 35.7 Å². The number of thioether (sulfide) groups is 1. The van der Waals surface area contributed by atoms with Crippen LogP contribution in [0.5, 0.6) is 0 Å². The van der Waals surface area contributed by atoms with Crippen LogP contribution in [0.4, 0.5) is 18.9 Å². The van der Waals surface area contributed by atoms with Crippen LogP contribution in [0.1, 0.15) is 11.1 Å². The van der Waals surface area contributed by atoms with Crippen molar-refractivity contribution in [2.45, 2.75) is 18.4 Å². The minimum absolute atomic E-state index is 0. The number of amides is 1. The van der Waals surface area contributed by atoms with E-state index in [-0.39, 0.29) is 30.5 Å². The van der Waals surface area contributed by atoms with Gasteiger partial charge in [0.2, 0.25) is 5.91 Å². The minimum Gasteiger partial charge on any atom is -0.352 e. The minimum atomic E-state index is -1.63. The second kappa shape index (κ2) is 11.9. The highest BCUT2D eigenvalue weighted by molar-refractivity contribution is 14.0. The number of rotatable bonds is 6. The lowest BCUT2D eigenvalue weighted by Gasteiger charge is -2.14. The third-order valence-electron chi connectivity index (χ3n) is 3.84. The Labute approximate surface area is 189 Å². The number of halogens is 4. The Hall–Kier alpha value is -1.95. The Morgan fingerprint density at radius 1 is 1.10 bits per heavy atom. The fraction of sp³-hybridized carbons (Fsp3) is 0.263. The van der Waals surface area contributed by atoms with E-state index in [9.17, 15) is 18.0 Å². The summed E-state index contributed by atoms with van der Waals surface area (Å²) in [5, 5.41) is 8.06. The number of aryl methyl sites for hydroxylation is 1. The molecule has 0 aliphatic carbocycles. The molecule has 2 aromatic carbocycles. The summed E-state index contributed by atoms with van der Waals surface area (Å²) < 4.78 is 39.8. The summed E-state index contributed by atoms with van der Waals surface area (Å²) in [7, 11) is 1.55. The third kappa shape index (κ3) is 7.11. The largest absolute Gasteiger partial charge is 0.352 e. The highest BCUT2D eigenvalue weighted by Crippen LogP contribution is 2.21. The van der Waals surface area contributed by atoms with Gasteiger partial charge in [-0.05, 0) is 42.5 Å². The smallest absolute Gasteiger partial charge is 0.243 e. The summed E-state index contributed by atoms with van der Waals surface area (Å²) in [5.74, 6) is -4.66. The molecule has 29 heavy (non-hydrogen) atoms. The second-order valence-electron chi connectivity index (χ2n) is 5.87. The van der Waals surface area contributed by atoms with Crippen LogP contribution in [0, 0.1) is 24.4 Å². The van der Waals surface area contributed by atoms with E-state index in [1.807, 2.05) is 25.3 Å². The summed E-state index contributed by atoms with van der Waals surface area (Å²) in [6.07, 6.45) is 1.99. The highest BCUT2D eigenvalue weighted by Gasteiger charge is 2.15. The molecule has 0 aliphatic rings. The maximum Gasteiger partial charge on any atom is 0.243 e. The molecule has 0 fully saturated rings. The van der Waals surface area contributed by atoms with Gasteiger partial charge in [0, 0.05) is 18.5 Å². The lowest BCUT2D eigenvalue weighted by molar-refractivity contribution is -0.115. The normalized spacial score (nSPS) is 10.9. The quantitative estimate of drug-likeness (QED) is 0.171. The number of nitrogens with one attached hydrogen (secondary N) is 3. The Kier molecular flexibility index (Phi) is 10.3.